The van der Waals surface area contributed by atoms with Gasteiger partial charge in [0, 0.05) is 11.6 Å². The zero-order valence-corrected chi connectivity index (χ0v) is 15.8. The van der Waals surface area contributed by atoms with Gasteiger partial charge >= 0.3 is 0 Å². The summed E-state index contributed by atoms with van der Waals surface area (Å²) in [5, 5.41) is 4.31. The second-order valence-corrected chi connectivity index (χ2v) is 6.34. The van der Waals surface area contributed by atoms with Gasteiger partial charge in [0.25, 0.3) is 0 Å². The highest BCUT2D eigenvalue weighted by Gasteiger charge is 2.16. The molecule has 0 radical (unpaired) electrons. The van der Waals surface area contributed by atoms with Crippen LogP contribution in [0.15, 0.2) is 47.5 Å². The molecule has 3 rings (SSSR count). The molecule has 0 saturated carbocycles. The maximum absolute atomic E-state index is 6.25. The Morgan fingerprint density at radius 2 is 1.96 bits per heavy atom. The number of benzene rings is 2. The van der Waals surface area contributed by atoms with Crippen molar-refractivity contribution in [3.8, 4) is 5.75 Å². The molecule has 1 aliphatic heterocycles. The molecule has 1 saturated heterocycles. The molecule has 6 nitrogen and oxygen atoms in total. The summed E-state index contributed by atoms with van der Waals surface area (Å²) in [7, 11) is 0. The molecule has 2 aromatic rings. The Hall–Kier alpha value is -1.99. The van der Waals surface area contributed by atoms with Gasteiger partial charge in [-0.25, -0.2) is 14.8 Å². The van der Waals surface area contributed by atoms with Crippen molar-refractivity contribution in [2.24, 2.45) is 4.99 Å². The van der Waals surface area contributed by atoms with E-state index in [1.165, 1.54) is 0 Å². The molecule has 0 spiro atoms. The summed E-state index contributed by atoms with van der Waals surface area (Å²) in [5.74, 6) is 1.26. The monoisotopic (exact) mass is 395 g/mol. The average molecular weight is 396 g/mol. The fourth-order valence-electron chi connectivity index (χ4n) is 2.40. The van der Waals surface area contributed by atoms with Gasteiger partial charge in [0.15, 0.2) is 13.5 Å². The van der Waals surface area contributed by atoms with Crippen molar-refractivity contribution in [1.82, 2.24) is 10.2 Å². The topological polar surface area (TPSA) is 55.3 Å². The van der Waals surface area contributed by atoms with Gasteiger partial charge in [-0.3, -0.25) is 0 Å². The van der Waals surface area contributed by atoms with Gasteiger partial charge in [-0.1, -0.05) is 35.3 Å². The van der Waals surface area contributed by atoms with Gasteiger partial charge in [0.2, 0.25) is 5.96 Å². The van der Waals surface area contributed by atoms with Crippen LogP contribution in [0, 0.1) is 0 Å². The Kier molecular flexibility index (Phi) is 6.57. The molecule has 0 bridgehead atoms. The molecule has 1 fully saturated rings. The third-order valence-electron chi connectivity index (χ3n) is 3.62. The van der Waals surface area contributed by atoms with Gasteiger partial charge in [-0.2, -0.15) is 0 Å². The number of rotatable bonds is 5. The van der Waals surface area contributed by atoms with Crippen LogP contribution in [0.4, 0.5) is 5.69 Å². The van der Waals surface area contributed by atoms with E-state index in [9.17, 15) is 0 Å². The quantitative estimate of drug-likeness (QED) is 0.762. The second-order valence-electron chi connectivity index (χ2n) is 5.49. The molecule has 0 unspecified atom stereocenters. The predicted molar refractivity (Wildman–Crippen MR) is 102 cm³/mol. The van der Waals surface area contributed by atoms with Crippen molar-refractivity contribution in [1.29, 1.82) is 0 Å². The van der Waals surface area contributed by atoms with Crippen molar-refractivity contribution in [3.63, 3.8) is 0 Å². The smallest absolute Gasteiger partial charge is 0.203 e. The minimum absolute atomic E-state index is 0.195. The molecular formula is C18H19Cl2N3O3. The molecule has 0 aromatic heterocycles. The number of halogens is 2. The van der Waals surface area contributed by atoms with Crippen LogP contribution in [0.3, 0.4) is 0 Å². The van der Waals surface area contributed by atoms with Crippen LogP contribution < -0.4 is 10.1 Å². The van der Waals surface area contributed by atoms with E-state index >= 15 is 0 Å². The standard InChI is InChI=1S/C18H19Cl2N3O3/c1-2-24-17-8-7-15(9-16(17)20)22-18-21-11-25-26-12-23(18)10-13-3-5-14(19)6-4-13/h3-9H,2,10-12H2,1H3,(H,21,22). The normalized spacial score (nSPS) is 16.3. The van der Waals surface area contributed by atoms with E-state index in [-0.39, 0.29) is 13.5 Å². The highest BCUT2D eigenvalue weighted by Crippen LogP contribution is 2.29. The number of nitrogens with one attached hydrogen (secondary N) is 1. The van der Waals surface area contributed by atoms with Crippen molar-refractivity contribution >= 4 is 34.8 Å². The Morgan fingerprint density at radius 1 is 1.15 bits per heavy atom. The Morgan fingerprint density at radius 3 is 2.69 bits per heavy atom. The molecule has 138 valence electrons. The largest absolute Gasteiger partial charge is 0.492 e. The third kappa shape index (κ3) is 5.02. The van der Waals surface area contributed by atoms with Crippen LogP contribution in [-0.2, 0) is 16.3 Å². The number of guanidine groups is 1. The summed E-state index contributed by atoms with van der Waals surface area (Å²) in [5.41, 5.74) is 1.77. The minimum atomic E-state index is 0.195. The lowest BCUT2D eigenvalue weighted by Crippen LogP contribution is -2.39. The van der Waals surface area contributed by atoms with E-state index in [1.807, 2.05) is 42.2 Å². The summed E-state index contributed by atoms with van der Waals surface area (Å²) in [6.45, 7) is 3.48. The zero-order valence-electron chi connectivity index (χ0n) is 14.2. The van der Waals surface area contributed by atoms with E-state index < -0.39 is 0 Å². The van der Waals surface area contributed by atoms with Crippen LogP contribution in [0.25, 0.3) is 0 Å². The highest BCUT2D eigenvalue weighted by molar-refractivity contribution is 6.32. The van der Waals surface area contributed by atoms with Crippen molar-refractivity contribution in [2.75, 3.05) is 20.1 Å². The first-order valence-electron chi connectivity index (χ1n) is 8.14. The highest BCUT2D eigenvalue weighted by atomic mass is 35.5. The first kappa shape index (κ1) is 18.8. The van der Waals surface area contributed by atoms with Gasteiger partial charge in [0.05, 0.1) is 17.3 Å². The Labute approximate surface area is 162 Å². The van der Waals surface area contributed by atoms with E-state index in [0.29, 0.717) is 40.6 Å². The lowest BCUT2D eigenvalue weighted by atomic mass is 10.2. The number of aliphatic imine (C=N–C) groups is 1. The Balaban J connectivity index is 1.82. The van der Waals surface area contributed by atoms with E-state index in [0.717, 1.165) is 5.56 Å². The molecule has 2 aromatic carbocycles. The fraction of sp³-hybridized carbons (Fsp3) is 0.278. The molecule has 1 aliphatic rings. The number of hydrogen-bond acceptors (Lipinski definition) is 4. The number of ether oxygens (including phenoxy) is 1. The molecule has 26 heavy (non-hydrogen) atoms. The van der Waals surface area contributed by atoms with Gasteiger partial charge < -0.3 is 15.0 Å². The fourth-order valence-corrected chi connectivity index (χ4v) is 2.76. The summed E-state index contributed by atoms with van der Waals surface area (Å²) in [6.07, 6.45) is 0. The summed E-state index contributed by atoms with van der Waals surface area (Å²) in [6, 6.07) is 13.0. The van der Waals surface area contributed by atoms with Crippen LogP contribution in [0.2, 0.25) is 10.0 Å². The second kappa shape index (κ2) is 9.09. The molecule has 0 atom stereocenters. The number of nitrogens with zero attached hydrogens (tertiary/aromatic N) is 2. The van der Waals surface area contributed by atoms with E-state index in [4.69, 9.17) is 37.7 Å². The first-order valence-corrected chi connectivity index (χ1v) is 8.90. The van der Waals surface area contributed by atoms with E-state index in [2.05, 4.69) is 10.3 Å². The van der Waals surface area contributed by atoms with Crippen molar-refractivity contribution < 1.29 is 14.5 Å². The molecule has 0 aliphatic carbocycles. The summed E-state index contributed by atoms with van der Waals surface area (Å²) >= 11 is 12.2. The third-order valence-corrected chi connectivity index (χ3v) is 4.16. The maximum Gasteiger partial charge on any atom is 0.203 e. The number of hydrogen-bond donors (Lipinski definition) is 1. The van der Waals surface area contributed by atoms with Crippen LogP contribution in [0.5, 0.6) is 5.75 Å². The van der Waals surface area contributed by atoms with Gasteiger partial charge in [-0.15, -0.1) is 0 Å². The minimum Gasteiger partial charge on any atom is -0.492 e. The SMILES string of the molecule is CCOc1ccc(/N=C2\NCOOCN2Cc2ccc(Cl)cc2)cc1Cl. The predicted octanol–water partition coefficient (Wildman–Crippen LogP) is 4.35. The molecule has 0 amide bonds. The van der Waals surface area contributed by atoms with Gasteiger partial charge in [-0.05, 0) is 42.8 Å². The average Bonchev–Trinajstić information content (AvgIpc) is 2.85. The van der Waals surface area contributed by atoms with Crippen molar-refractivity contribution in [3.05, 3.63) is 58.1 Å². The zero-order chi connectivity index (χ0) is 18.4. The first-order chi connectivity index (χ1) is 12.7. The Bertz CT molecular complexity index is 769. The summed E-state index contributed by atoms with van der Waals surface area (Å²) in [4.78, 5) is 16.7. The maximum atomic E-state index is 6.25. The van der Waals surface area contributed by atoms with Gasteiger partial charge in [0.1, 0.15) is 5.75 Å². The lowest BCUT2D eigenvalue weighted by Gasteiger charge is -2.22. The lowest BCUT2D eigenvalue weighted by molar-refractivity contribution is -0.305. The molecular weight excluding hydrogens is 377 g/mol. The molecule has 8 heteroatoms. The van der Waals surface area contributed by atoms with Crippen LogP contribution in [0.1, 0.15) is 12.5 Å². The summed E-state index contributed by atoms with van der Waals surface area (Å²) < 4.78 is 5.45. The van der Waals surface area contributed by atoms with Crippen LogP contribution in [-0.4, -0.2) is 30.9 Å². The molecule has 1 heterocycles. The van der Waals surface area contributed by atoms with Crippen LogP contribution >= 0.6 is 23.2 Å². The van der Waals surface area contributed by atoms with Crippen molar-refractivity contribution in [2.45, 2.75) is 13.5 Å². The van der Waals surface area contributed by atoms with E-state index in [1.54, 1.807) is 12.1 Å². The molecule has 1 N–H and O–H groups in total.